The van der Waals surface area contributed by atoms with Crippen LogP contribution in [0.4, 0.5) is 0 Å². The predicted octanol–water partition coefficient (Wildman–Crippen LogP) is 5.30. The third-order valence-corrected chi connectivity index (χ3v) is 3.39. The van der Waals surface area contributed by atoms with Gasteiger partial charge in [-0.3, -0.25) is 0 Å². The lowest BCUT2D eigenvalue weighted by atomic mass is 10.1. The Hall–Kier alpha value is -0.990. The fourth-order valence-electron chi connectivity index (χ4n) is 1.91. The van der Waals surface area contributed by atoms with Gasteiger partial charge in [-0.05, 0) is 54.8 Å². The summed E-state index contributed by atoms with van der Waals surface area (Å²) in [5.74, 6) is 0.943. The van der Waals surface area contributed by atoms with Crippen LogP contribution in [0.1, 0.15) is 16.7 Å². The molecule has 2 aromatic rings. The topological polar surface area (TPSA) is 9.23 Å². The Bertz CT molecular complexity index is 543. The van der Waals surface area contributed by atoms with Crippen molar-refractivity contribution in [3.8, 4) is 5.75 Å². The van der Waals surface area contributed by atoms with Gasteiger partial charge in [0.25, 0.3) is 0 Å². The molecule has 0 aliphatic carbocycles. The van der Waals surface area contributed by atoms with E-state index in [-0.39, 0.29) is 0 Å². The van der Waals surface area contributed by atoms with Crippen LogP contribution in [0.3, 0.4) is 0 Å². The second kappa shape index (κ2) is 5.77. The summed E-state index contributed by atoms with van der Waals surface area (Å²) in [5, 5.41) is 0.736. The first-order valence-corrected chi connectivity index (χ1v) is 6.87. The molecular formula is C15H14BrClO. The first-order chi connectivity index (χ1) is 8.56. The summed E-state index contributed by atoms with van der Waals surface area (Å²) >= 11 is 9.43. The molecule has 0 atom stereocenters. The van der Waals surface area contributed by atoms with E-state index in [4.69, 9.17) is 16.3 Å². The highest BCUT2D eigenvalue weighted by atomic mass is 79.9. The van der Waals surface area contributed by atoms with E-state index in [1.807, 2.05) is 38.1 Å². The van der Waals surface area contributed by atoms with Crippen LogP contribution < -0.4 is 4.74 Å². The van der Waals surface area contributed by atoms with Gasteiger partial charge in [-0.25, -0.2) is 0 Å². The lowest BCUT2D eigenvalue weighted by molar-refractivity contribution is 0.302. The summed E-state index contributed by atoms with van der Waals surface area (Å²) in [6.45, 7) is 4.63. The van der Waals surface area contributed by atoms with Crippen LogP contribution in [0.5, 0.6) is 5.75 Å². The number of halogens is 2. The fourth-order valence-corrected chi connectivity index (χ4v) is 2.81. The molecule has 0 radical (unpaired) electrons. The van der Waals surface area contributed by atoms with Crippen molar-refractivity contribution < 1.29 is 4.74 Å². The van der Waals surface area contributed by atoms with Gasteiger partial charge in [0, 0.05) is 9.50 Å². The Morgan fingerprint density at radius 2 is 1.78 bits per heavy atom. The van der Waals surface area contributed by atoms with E-state index < -0.39 is 0 Å². The zero-order chi connectivity index (χ0) is 13.1. The van der Waals surface area contributed by atoms with Crippen molar-refractivity contribution in [3.05, 3.63) is 62.6 Å². The third kappa shape index (κ3) is 3.27. The standard InChI is InChI=1S/C15H14BrClO/c1-10-6-13(16)7-11(2)15(10)18-9-12-4-3-5-14(17)8-12/h3-8H,9H2,1-2H3. The summed E-state index contributed by atoms with van der Waals surface area (Å²) in [7, 11) is 0. The van der Waals surface area contributed by atoms with E-state index in [9.17, 15) is 0 Å². The maximum absolute atomic E-state index is 5.95. The van der Waals surface area contributed by atoms with E-state index in [2.05, 4.69) is 28.1 Å². The van der Waals surface area contributed by atoms with E-state index in [0.29, 0.717) is 6.61 Å². The molecule has 1 nitrogen and oxygen atoms in total. The largest absolute Gasteiger partial charge is 0.488 e. The molecule has 0 aliphatic heterocycles. The van der Waals surface area contributed by atoms with Crippen molar-refractivity contribution >= 4 is 27.5 Å². The van der Waals surface area contributed by atoms with Gasteiger partial charge in [0.05, 0.1) is 0 Å². The van der Waals surface area contributed by atoms with Gasteiger partial charge in [-0.2, -0.15) is 0 Å². The molecule has 0 bridgehead atoms. The maximum Gasteiger partial charge on any atom is 0.125 e. The number of benzene rings is 2. The number of hydrogen-bond donors (Lipinski definition) is 0. The maximum atomic E-state index is 5.95. The van der Waals surface area contributed by atoms with Gasteiger partial charge in [0.15, 0.2) is 0 Å². The van der Waals surface area contributed by atoms with Crippen LogP contribution in [0.15, 0.2) is 40.9 Å². The fraction of sp³-hybridized carbons (Fsp3) is 0.200. The molecular weight excluding hydrogens is 312 g/mol. The molecule has 0 fully saturated rings. The molecule has 2 rings (SSSR count). The number of rotatable bonds is 3. The number of hydrogen-bond acceptors (Lipinski definition) is 1. The molecule has 0 spiro atoms. The van der Waals surface area contributed by atoms with Crippen LogP contribution in [0, 0.1) is 13.8 Å². The normalized spacial score (nSPS) is 10.4. The van der Waals surface area contributed by atoms with Gasteiger partial charge in [0.2, 0.25) is 0 Å². The summed E-state index contributed by atoms with van der Waals surface area (Å²) in [4.78, 5) is 0. The molecule has 0 amide bonds. The minimum absolute atomic E-state index is 0.532. The highest BCUT2D eigenvalue weighted by Gasteiger charge is 2.06. The predicted molar refractivity (Wildman–Crippen MR) is 79.4 cm³/mol. The zero-order valence-electron chi connectivity index (χ0n) is 10.3. The molecule has 0 aromatic heterocycles. The van der Waals surface area contributed by atoms with Gasteiger partial charge in [0.1, 0.15) is 12.4 Å². The van der Waals surface area contributed by atoms with Crippen molar-refractivity contribution in [1.82, 2.24) is 0 Å². The third-order valence-electron chi connectivity index (χ3n) is 2.70. The average Bonchev–Trinajstić information content (AvgIpc) is 2.27. The van der Waals surface area contributed by atoms with Crippen molar-refractivity contribution in [2.24, 2.45) is 0 Å². The molecule has 18 heavy (non-hydrogen) atoms. The minimum atomic E-state index is 0.532. The molecule has 0 unspecified atom stereocenters. The van der Waals surface area contributed by atoms with Crippen molar-refractivity contribution in [1.29, 1.82) is 0 Å². The van der Waals surface area contributed by atoms with E-state index in [0.717, 1.165) is 31.9 Å². The lowest BCUT2D eigenvalue weighted by Crippen LogP contribution is -1.99. The molecule has 0 saturated heterocycles. The Morgan fingerprint density at radius 3 is 2.39 bits per heavy atom. The number of ether oxygens (including phenoxy) is 1. The molecule has 94 valence electrons. The van der Waals surface area contributed by atoms with Gasteiger partial charge < -0.3 is 4.74 Å². The first kappa shape index (κ1) is 13.4. The van der Waals surface area contributed by atoms with E-state index in [1.165, 1.54) is 0 Å². The van der Waals surface area contributed by atoms with Crippen LogP contribution in [0.25, 0.3) is 0 Å². The Labute approximate surface area is 121 Å². The minimum Gasteiger partial charge on any atom is -0.488 e. The van der Waals surface area contributed by atoms with Crippen molar-refractivity contribution in [3.63, 3.8) is 0 Å². The summed E-state index contributed by atoms with van der Waals surface area (Å²) in [6.07, 6.45) is 0. The lowest BCUT2D eigenvalue weighted by Gasteiger charge is -2.13. The highest BCUT2D eigenvalue weighted by molar-refractivity contribution is 9.10. The van der Waals surface area contributed by atoms with Gasteiger partial charge in [-0.1, -0.05) is 39.7 Å². The quantitative estimate of drug-likeness (QED) is 0.744. The Morgan fingerprint density at radius 1 is 1.11 bits per heavy atom. The number of aryl methyl sites for hydroxylation is 2. The smallest absolute Gasteiger partial charge is 0.125 e. The van der Waals surface area contributed by atoms with Crippen LogP contribution in [-0.2, 0) is 6.61 Å². The van der Waals surface area contributed by atoms with Crippen molar-refractivity contribution in [2.75, 3.05) is 0 Å². The molecule has 3 heteroatoms. The highest BCUT2D eigenvalue weighted by Crippen LogP contribution is 2.28. The Balaban J connectivity index is 2.16. The van der Waals surface area contributed by atoms with Crippen LogP contribution in [0.2, 0.25) is 5.02 Å². The van der Waals surface area contributed by atoms with Crippen LogP contribution >= 0.6 is 27.5 Å². The van der Waals surface area contributed by atoms with Crippen LogP contribution in [-0.4, -0.2) is 0 Å². The van der Waals surface area contributed by atoms with E-state index in [1.54, 1.807) is 0 Å². The molecule has 0 saturated carbocycles. The molecule has 2 aromatic carbocycles. The zero-order valence-corrected chi connectivity index (χ0v) is 12.7. The first-order valence-electron chi connectivity index (χ1n) is 5.70. The second-order valence-electron chi connectivity index (χ2n) is 4.29. The molecule has 0 heterocycles. The Kier molecular flexibility index (Phi) is 4.31. The second-order valence-corrected chi connectivity index (χ2v) is 5.64. The summed E-state index contributed by atoms with van der Waals surface area (Å²) in [6, 6.07) is 11.8. The van der Waals surface area contributed by atoms with Gasteiger partial charge in [-0.15, -0.1) is 0 Å². The summed E-state index contributed by atoms with van der Waals surface area (Å²) in [5.41, 5.74) is 3.33. The van der Waals surface area contributed by atoms with Crippen molar-refractivity contribution in [2.45, 2.75) is 20.5 Å². The average molecular weight is 326 g/mol. The molecule has 0 N–H and O–H groups in total. The SMILES string of the molecule is Cc1cc(Br)cc(C)c1OCc1cccc(Cl)c1. The van der Waals surface area contributed by atoms with E-state index >= 15 is 0 Å². The molecule has 0 aliphatic rings. The van der Waals surface area contributed by atoms with Gasteiger partial charge >= 0.3 is 0 Å². The summed E-state index contributed by atoms with van der Waals surface area (Å²) < 4.78 is 6.96. The monoisotopic (exact) mass is 324 g/mol.